The summed E-state index contributed by atoms with van der Waals surface area (Å²) < 4.78 is 5.24. The van der Waals surface area contributed by atoms with Crippen molar-refractivity contribution in [3.8, 4) is 16.5 Å². The summed E-state index contributed by atoms with van der Waals surface area (Å²) in [6, 6.07) is 20.8. The molecule has 0 radical (unpaired) electrons. The second kappa shape index (κ2) is 8.93. The van der Waals surface area contributed by atoms with E-state index in [0.717, 1.165) is 10.4 Å². The van der Waals surface area contributed by atoms with Gasteiger partial charge in [-0.05, 0) is 29.1 Å². The summed E-state index contributed by atoms with van der Waals surface area (Å²) in [6.45, 7) is 0. The number of ether oxygens (including phenoxy) is 1. The molecular formula is C21H18N4O2S2. The van der Waals surface area contributed by atoms with Crippen LogP contribution in [-0.2, 0) is 4.79 Å². The number of H-pyrrole nitrogens is 1. The monoisotopic (exact) mass is 422 g/mol. The lowest BCUT2D eigenvalue weighted by molar-refractivity contribution is -0.115. The fraction of sp³-hybridized carbons (Fsp3) is 0.0952. The maximum absolute atomic E-state index is 13.1. The zero-order chi connectivity index (χ0) is 20.1. The highest BCUT2D eigenvalue weighted by Gasteiger charge is 2.24. The summed E-state index contributed by atoms with van der Waals surface area (Å²) in [5.74, 6) is 1.22. The van der Waals surface area contributed by atoms with Gasteiger partial charge in [0, 0.05) is 11.8 Å². The fourth-order valence-corrected chi connectivity index (χ4v) is 4.31. The first kappa shape index (κ1) is 19.2. The smallest absolute Gasteiger partial charge is 0.242 e. The van der Waals surface area contributed by atoms with E-state index in [0.29, 0.717) is 22.4 Å². The highest BCUT2D eigenvalue weighted by molar-refractivity contribution is 8.00. The molecule has 2 heterocycles. The number of hydrogen-bond acceptors (Lipinski definition) is 6. The average Bonchev–Trinajstić information content (AvgIpc) is 3.44. The van der Waals surface area contributed by atoms with E-state index in [1.165, 1.54) is 11.8 Å². The van der Waals surface area contributed by atoms with Crippen LogP contribution in [0.25, 0.3) is 10.7 Å². The minimum atomic E-state index is -0.505. The van der Waals surface area contributed by atoms with Crippen molar-refractivity contribution in [1.82, 2.24) is 15.2 Å². The lowest BCUT2D eigenvalue weighted by atomic mass is 10.1. The Morgan fingerprint density at radius 2 is 2.00 bits per heavy atom. The number of aromatic nitrogens is 3. The van der Waals surface area contributed by atoms with E-state index in [2.05, 4.69) is 20.5 Å². The Hall–Kier alpha value is -3.10. The summed E-state index contributed by atoms with van der Waals surface area (Å²) in [7, 11) is 1.60. The van der Waals surface area contributed by atoms with Gasteiger partial charge in [0.05, 0.1) is 12.0 Å². The van der Waals surface area contributed by atoms with E-state index in [1.54, 1.807) is 24.5 Å². The molecule has 2 N–H and O–H groups in total. The maximum atomic E-state index is 13.1. The second-order valence-corrected chi connectivity index (χ2v) is 8.09. The van der Waals surface area contributed by atoms with Crippen LogP contribution in [0.2, 0.25) is 0 Å². The van der Waals surface area contributed by atoms with Gasteiger partial charge < -0.3 is 10.1 Å². The first-order valence-electron chi connectivity index (χ1n) is 8.86. The van der Waals surface area contributed by atoms with E-state index in [9.17, 15) is 4.79 Å². The third-order valence-electron chi connectivity index (χ3n) is 4.12. The predicted octanol–water partition coefficient (Wildman–Crippen LogP) is 5.01. The number of thiophene rings is 1. The van der Waals surface area contributed by atoms with E-state index in [1.807, 2.05) is 66.0 Å². The summed E-state index contributed by atoms with van der Waals surface area (Å²) in [5.41, 5.74) is 1.55. The molecule has 2 aromatic carbocycles. The van der Waals surface area contributed by atoms with E-state index in [4.69, 9.17) is 4.74 Å². The number of nitrogens with zero attached hydrogens (tertiary/aromatic N) is 2. The molecule has 1 atom stereocenters. The predicted molar refractivity (Wildman–Crippen MR) is 116 cm³/mol. The molecule has 1 amide bonds. The van der Waals surface area contributed by atoms with Gasteiger partial charge in [-0.3, -0.25) is 9.89 Å². The van der Waals surface area contributed by atoms with Crippen molar-refractivity contribution in [3.05, 3.63) is 77.7 Å². The third-order valence-corrected chi connectivity index (χ3v) is 6.11. The molecule has 0 spiro atoms. The van der Waals surface area contributed by atoms with Crippen molar-refractivity contribution >= 4 is 34.7 Å². The van der Waals surface area contributed by atoms with E-state index >= 15 is 0 Å². The Morgan fingerprint density at radius 3 is 2.76 bits per heavy atom. The Balaban J connectivity index is 1.57. The minimum Gasteiger partial charge on any atom is -0.497 e. The summed E-state index contributed by atoms with van der Waals surface area (Å²) >= 11 is 2.89. The normalized spacial score (nSPS) is 11.8. The van der Waals surface area contributed by atoms with Crippen LogP contribution in [0.15, 0.2) is 77.3 Å². The van der Waals surface area contributed by atoms with Crippen LogP contribution in [0.5, 0.6) is 5.75 Å². The van der Waals surface area contributed by atoms with Crippen molar-refractivity contribution in [2.75, 3.05) is 12.4 Å². The molecule has 0 aliphatic heterocycles. The minimum absolute atomic E-state index is 0.156. The van der Waals surface area contributed by atoms with Crippen LogP contribution in [0.1, 0.15) is 10.8 Å². The van der Waals surface area contributed by atoms with Crippen LogP contribution in [0, 0.1) is 0 Å². The highest BCUT2D eigenvalue weighted by Crippen LogP contribution is 2.35. The number of aromatic amines is 1. The summed E-state index contributed by atoms with van der Waals surface area (Å²) in [4.78, 5) is 18.7. The number of carbonyl (C=O) groups excluding carboxylic acids is 1. The van der Waals surface area contributed by atoms with Gasteiger partial charge in [0.1, 0.15) is 11.0 Å². The molecule has 0 fully saturated rings. The molecule has 8 heteroatoms. The standard InChI is InChI=1S/C21H18N4O2S2/c1-27-16-10-5-9-15(13-16)22-20(26)18(14-7-3-2-4-8-14)29-21-23-19(24-25-21)17-11-6-12-28-17/h2-13,18H,1H3,(H,22,26)(H,23,24,25)/t18-/m1/s1. The first-order valence-corrected chi connectivity index (χ1v) is 10.6. The number of thioether (sulfide) groups is 1. The van der Waals surface area contributed by atoms with Gasteiger partial charge in [-0.2, -0.15) is 0 Å². The van der Waals surface area contributed by atoms with Gasteiger partial charge >= 0.3 is 0 Å². The molecule has 0 bridgehead atoms. The number of nitrogens with one attached hydrogen (secondary N) is 2. The molecule has 146 valence electrons. The zero-order valence-electron chi connectivity index (χ0n) is 15.5. The Morgan fingerprint density at radius 1 is 1.14 bits per heavy atom. The van der Waals surface area contributed by atoms with E-state index < -0.39 is 5.25 Å². The zero-order valence-corrected chi connectivity index (χ0v) is 17.2. The molecule has 4 rings (SSSR count). The lowest BCUT2D eigenvalue weighted by Crippen LogP contribution is -2.19. The van der Waals surface area contributed by atoms with Crippen molar-refractivity contribution in [1.29, 1.82) is 0 Å². The van der Waals surface area contributed by atoms with Crippen molar-refractivity contribution < 1.29 is 9.53 Å². The number of benzene rings is 2. The number of hydrogen-bond donors (Lipinski definition) is 2. The Kier molecular flexibility index (Phi) is 5.92. The van der Waals surface area contributed by atoms with Gasteiger partial charge in [0.2, 0.25) is 11.1 Å². The van der Waals surface area contributed by atoms with Crippen molar-refractivity contribution in [3.63, 3.8) is 0 Å². The van der Waals surface area contributed by atoms with Crippen LogP contribution in [0.3, 0.4) is 0 Å². The number of methoxy groups -OCH3 is 1. The molecule has 6 nitrogen and oxygen atoms in total. The molecule has 0 saturated heterocycles. The summed E-state index contributed by atoms with van der Waals surface area (Å²) in [6.07, 6.45) is 0. The van der Waals surface area contributed by atoms with Gasteiger partial charge in [0.25, 0.3) is 0 Å². The van der Waals surface area contributed by atoms with Gasteiger partial charge in [-0.15, -0.1) is 16.4 Å². The van der Waals surface area contributed by atoms with Gasteiger partial charge in [-0.1, -0.05) is 54.2 Å². The topological polar surface area (TPSA) is 79.9 Å². The van der Waals surface area contributed by atoms with Crippen LogP contribution in [-0.4, -0.2) is 28.2 Å². The molecule has 4 aromatic rings. The largest absolute Gasteiger partial charge is 0.497 e. The van der Waals surface area contributed by atoms with Crippen LogP contribution < -0.4 is 10.1 Å². The number of amides is 1. The lowest BCUT2D eigenvalue weighted by Gasteiger charge is -2.15. The van der Waals surface area contributed by atoms with Crippen LogP contribution in [0.4, 0.5) is 5.69 Å². The Bertz CT molecular complexity index is 1080. The number of carbonyl (C=O) groups is 1. The number of anilines is 1. The second-order valence-electron chi connectivity index (χ2n) is 6.07. The fourth-order valence-electron chi connectivity index (χ4n) is 2.74. The molecule has 0 aliphatic rings. The molecule has 2 aromatic heterocycles. The average molecular weight is 423 g/mol. The molecule has 0 saturated carbocycles. The van der Waals surface area contributed by atoms with Gasteiger partial charge in [-0.25, -0.2) is 4.98 Å². The summed E-state index contributed by atoms with van der Waals surface area (Å²) in [5, 5.41) is 12.2. The number of rotatable bonds is 7. The molecule has 29 heavy (non-hydrogen) atoms. The maximum Gasteiger partial charge on any atom is 0.242 e. The van der Waals surface area contributed by atoms with E-state index in [-0.39, 0.29) is 5.91 Å². The third kappa shape index (κ3) is 4.67. The van der Waals surface area contributed by atoms with Crippen molar-refractivity contribution in [2.24, 2.45) is 0 Å². The molecular weight excluding hydrogens is 404 g/mol. The Labute approximate surface area is 176 Å². The van der Waals surface area contributed by atoms with Crippen LogP contribution >= 0.6 is 23.1 Å². The SMILES string of the molecule is COc1cccc(NC(=O)[C@H](Sc2n[nH]c(-c3cccs3)n2)c2ccccc2)c1. The quantitative estimate of drug-likeness (QED) is 0.409. The van der Waals surface area contributed by atoms with Crippen molar-refractivity contribution in [2.45, 2.75) is 10.4 Å². The molecule has 0 unspecified atom stereocenters. The molecule has 0 aliphatic carbocycles. The first-order chi connectivity index (χ1) is 14.2. The van der Waals surface area contributed by atoms with Gasteiger partial charge in [0.15, 0.2) is 5.82 Å². The highest BCUT2D eigenvalue weighted by atomic mass is 32.2.